The molecule has 1 unspecified atom stereocenters. The number of hydrogen-bond acceptors (Lipinski definition) is 4. The normalized spacial score (nSPS) is 25.6. The van der Waals surface area contributed by atoms with Gasteiger partial charge in [-0.1, -0.05) is 12.2 Å². The van der Waals surface area contributed by atoms with Crippen LogP contribution in [-0.2, 0) is 4.79 Å². The molecule has 0 bridgehead atoms. The Bertz CT molecular complexity index is 328. The van der Waals surface area contributed by atoms with Crippen LogP contribution in [0.4, 0.5) is 0 Å². The molecule has 4 nitrogen and oxygen atoms in total. The minimum atomic E-state index is -0.221. The van der Waals surface area contributed by atoms with Gasteiger partial charge in [-0.15, -0.1) is 0 Å². The van der Waals surface area contributed by atoms with Gasteiger partial charge in [0.2, 0.25) is 0 Å². The van der Waals surface area contributed by atoms with E-state index in [1.807, 2.05) is 18.2 Å². The average Bonchev–Trinajstić information content (AvgIpc) is 2.18. The van der Waals surface area contributed by atoms with Gasteiger partial charge in [-0.25, -0.2) is 5.84 Å². The summed E-state index contributed by atoms with van der Waals surface area (Å²) in [7, 11) is 0. The maximum absolute atomic E-state index is 11.4. The first kappa shape index (κ1) is 8.07. The minimum Gasteiger partial charge on any atom is -0.357 e. The number of nitrogens with two attached hydrogens (primary N) is 1. The van der Waals surface area contributed by atoms with Crippen LogP contribution in [0.1, 0.15) is 6.42 Å². The van der Waals surface area contributed by atoms with Gasteiger partial charge in [0.15, 0.2) is 5.78 Å². The highest BCUT2D eigenvalue weighted by molar-refractivity contribution is 5.98. The third-order valence-electron chi connectivity index (χ3n) is 2.21. The van der Waals surface area contributed by atoms with E-state index in [1.165, 1.54) is 0 Å². The molecular formula is C9H11N3O. The summed E-state index contributed by atoms with van der Waals surface area (Å²) >= 11 is 0. The molecule has 0 aromatic rings. The Kier molecular flexibility index (Phi) is 1.90. The molecule has 4 heteroatoms. The molecule has 13 heavy (non-hydrogen) atoms. The van der Waals surface area contributed by atoms with Crippen molar-refractivity contribution in [2.75, 3.05) is 0 Å². The van der Waals surface area contributed by atoms with Crippen molar-refractivity contribution < 1.29 is 4.79 Å². The predicted octanol–water partition coefficient (Wildman–Crippen LogP) is -0.282. The van der Waals surface area contributed by atoms with Crippen molar-refractivity contribution in [1.82, 2.24) is 10.7 Å². The SMILES string of the molecule is NNC1=CC=C2CC=CC(=O)C2N1. The highest BCUT2D eigenvalue weighted by Gasteiger charge is 2.25. The summed E-state index contributed by atoms with van der Waals surface area (Å²) in [5.74, 6) is 5.99. The molecule has 0 saturated carbocycles. The van der Waals surface area contributed by atoms with Crippen LogP contribution in [0.25, 0.3) is 0 Å². The van der Waals surface area contributed by atoms with Gasteiger partial charge >= 0.3 is 0 Å². The smallest absolute Gasteiger partial charge is 0.181 e. The van der Waals surface area contributed by atoms with Crippen LogP contribution in [-0.4, -0.2) is 11.8 Å². The van der Waals surface area contributed by atoms with Crippen LogP contribution < -0.4 is 16.6 Å². The lowest BCUT2D eigenvalue weighted by Crippen LogP contribution is -2.45. The molecule has 0 spiro atoms. The monoisotopic (exact) mass is 177 g/mol. The number of allylic oxidation sites excluding steroid dienone is 3. The van der Waals surface area contributed by atoms with Gasteiger partial charge in [-0.2, -0.15) is 0 Å². The average molecular weight is 177 g/mol. The maximum atomic E-state index is 11.4. The van der Waals surface area contributed by atoms with E-state index < -0.39 is 0 Å². The van der Waals surface area contributed by atoms with Gasteiger partial charge in [-0.05, 0) is 24.1 Å². The van der Waals surface area contributed by atoms with Crippen LogP contribution in [0.15, 0.2) is 35.7 Å². The molecule has 4 N–H and O–H groups in total. The number of fused-ring (bicyclic) bond motifs is 1. The van der Waals surface area contributed by atoms with E-state index in [0.717, 1.165) is 12.0 Å². The van der Waals surface area contributed by atoms with E-state index in [2.05, 4.69) is 10.7 Å². The number of hydrazine groups is 1. The van der Waals surface area contributed by atoms with Gasteiger partial charge in [0, 0.05) is 0 Å². The zero-order valence-corrected chi connectivity index (χ0v) is 7.08. The van der Waals surface area contributed by atoms with Crippen molar-refractivity contribution in [2.24, 2.45) is 5.84 Å². The number of carbonyl (C=O) groups is 1. The highest BCUT2D eigenvalue weighted by atomic mass is 16.1. The lowest BCUT2D eigenvalue weighted by molar-refractivity contribution is -0.115. The fourth-order valence-electron chi connectivity index (χ4n) is 1.52. The van der Waals surface area contributed by atoms with Gasteiger partial charge in [-0.3, -0.25) is 4.79 Å². The highest BCUT2D eigenvalue weighted by Crippen LogP contribution is 2.19. The first-order valence-corrected chi connectivity index (χ1v) is 4.15. The second-order valence-corrected chi connectivity index (χ2v) is 3.05. The van der Waals surface area contributed by atoms with Crippen LogP contribution >= 0.6 is 0 Å². The Morgan fingerprint density at radius 1 is 1.54 bits per heavy atom. The summed E-state index contributed by atoms with van der Waals surface area (Å²) in [6.45, 7) is 0. The first-order chi connectivity index (χ1) is 6.31. The summed E-state index contributed by atoms with van der Waals surface area (Å²) in [5.41, 5.74) is 3.58. The van der Waals surface area contributed by atoms with E-state index >= 15 is 0 Å². The number of rotatable bonds is 1. The molecule has 1 atom stereocenters. The fourth-order valence-corrected chi connectivity index (χ4v) is 1.52. The molecule has 0 saturated heterocycles. The lowest BCUT2D eigenvalue weighted by Gasteiger charge is -2.26. The van der Waals surface area contributed by atoms with E-state index in [-0.39, 0.29) is 11.8 Å². The van der Waals surface area contributed by atoms with Gasteiger partial charge in [0.1, 0.15) is 11.9 Å². The molecule has 68 valence electrons. The van der Waals surface area contributed by atoms with Crippen LogP contribution in [0, 0.1) is 0 Å². The molecule has 1 aliphatic heterocycles. The molecule has 1 aliphatic carbocycles. The van der Waals surface area contributed by atoms with E-state index in [4.69, 9.17) is 5.84 Å². The Morgan fingerprint density at radius 2 is 2.38 bits per heavy atom. The molecule has 2 rings (SSSR count). The molecule has 2 aliphatic rings. The predicted molar refractivity (Wildman–Crippen MR) is 49.2 cm³/mol. The Hall–Kier alpha value is -1.55. The zero-order chi connectivity index (χ0) is 9.26. The van der Waals surface area contributed by atoms with E-state index in [1.54, 1.807) is 6.08 Å². The molecule has 0 aromatic heterocycles. The van der Waals surface area contributed by atoms with Crippen LogP contribution in [0.5, 0.6) is 0 Å². The van der Waals surface area contributed by atoms with Crippen molar-refractivity contribution in [1.29, 1.82) is 0 Å². The molecule has 0 fully saturated rings. The lowest BCUT2D eigenvalue weighted by atomic mass is 9.92. The van der Waals surface area contributed by atoms with Crippen molar-refractivity contribution in [3.63, 3.8) is 0 Å². The van der Waals surface area contributed by atoms with Crippen LogP contribution in [0.2, 0.25) is 0 Å². The van der Waals surface area contributed by atoms with Crippen molar-refractivity contribution in [3.05, 3.63) is 35.7 Å². The second kappa shape index (κ2) is 3.06. The number of dihydropyridines is 1. The molecule has 0 amide bonds. The third-order valence-corrected chi connectivity index (χ3v) is 2.21. The van der Waals surface area contributed by atoms with Crippen LogP contribution in [0.3, 0.4) is 0 Å². The standard InChI is InChI=1S/C9H11N3O/c10-12-8-5-4-6-2-1-3-7(13)9(6)11-8/h1,3-5,9,11-12H,2,10H2. The largest absolute Gasteiger partial charge is 0.357 e. The van der Waals surface area contributed by atoms with Crippen molar-refractivity contribution >= 4 is 5.78 Å². The van der Waals surface area contributed by atoms with Gasteiger partial charge < -0.3 is 10.7 Å². The number of carbonyl (C=O) groups excluding carboxylic acids is 1. The summed E-state index contributed by atoms with van der Waals surface area (Å²) in [5, 5.41) is 3.01. The quantitative estimate of drug-likeness (QED) is 0.380. The fraction of sp³-hybridized carbons (Fsp3) is 0.222. The zero-order valence-electron chi connectivity index (χ0n) is 7.08. The molecule has 1 heterocycles. The molecular weight excluding hydrogens is 166 g/mol. The number of ketones is 1. The third kappa shape index (κ3) is 1.36. The Morgan fingerprint density at radius 3 is 3.15 bits per heavy atom. The van der Waals surface area contributed by atoms with Crippen molar-refractivity contribution in [3.8, 4) is 0 Å². The summed E-state index contributed by atoms with van der Waals surface area (Å²) in [6, 6.07) is -0.221. The summed E-state index contributed by atoms with van der Waals surface area (Å²) in [6.07, 6.45) is 8.07. The number of hydrogen-bond donors (Lipinski definition) is 3. The Labute approximate surface area is 76.1 Å². The van der Waals surface area contributed by atoms with E-state index in [0.29, 0.717) is 5.82 Å². The van der Waals surface area contributed by atoms with Gasteiger partial charge in [0.25, 0.3) is 0 Å². The Balaban J connectivity index is 2.27. The maximum Gasteiger partial charge on any atom is 0.181 e. The number of nitrogens with one attached hydrogen (secondary N) is 2. The second-order valence-electron chi connectivity index (χ2n) is 3.05. The molecule has 0 radical (unpaired) electrons. The topological polar surface area (TPSA) is 67.1 Å². The summed E-state index contributed by atoms with van der Waals surface area (Å²) in [4.78, 5) is 11.4. The van der Waals surface area contributed by atoms with Crippen molar-refractivity contribution in [2.45, 2.75) is 12.5 Å². The first-order valence-electron chi connectivity index (χ1n) is 4.15. The minimum absolute atomic E-state index is 0.0818. The van der Waals surface area contributed by atoms with E-state index in [9.17, 15) is 4.79 Å². The molecule has 0 aromatic carbocycles. The van der Waals surface area contributed by atoms with Gasteiger partial charge in [0.05, 0.1) is 0 Å². The summed E-state index contributed by atoms with van der Waals surface area (Å²) < 4.78 is 0.